The van der Waals surface area contributed by atoms with Crippen molar-refractivity contribution in [1.29, 1.82) is 0 Å². The number of unbranched alkanes of at least 4 members (excludes halogenated alkanes) is 15. The van der Waals surface area contributed by atoms with Crippen molar-refractivity contribution in [3.63, 3.8) is 0 Å². The summed E-state index contributed by atoms with van der Waals surface area (Å²) in [5, 5.41) is 0. The number of hydrogen-bond donors (Lipinski definition) is 0. The van der Waals surface area contributed by atoms with Crippen molar-refractivity contribution in [3.05, 3.63) is 182 Å². The second-order valence-corrected chi connectivity index (χ2v) is 20.5. The molecule has 0 aromatic carbocycles. The van der Waals surface area contributed by atoms with Crippen LogP contribution in [0.2, 0.25) is 0 Å². The molecule has 0 aliphatic carbocycles. The molecule has 0 saturated carbocycles. The van der Waals surface area contributed by atoms with Gasteiger partial charge in [0.2, 0.25) is 0 Å². The first-order valence-corrected chi connectivity index (χ1v) is 32.3. The van der Waals surface area contributed by atoms with Crippen molar-refractivity contribution in [3.8, 4) is 0 Å². The molecule has 0 spiro atoms. The van der Waals surface area contributed by atoms with Gasteiger partial charge in [-0.2, -0.15) is 0 Å². The Morgan fingerprint density at radius 2 is 0.481 bits per heavy atom. The van der Waals surface area contributed by atoms with Gasteiger partial charge in [0.25, 0.3) is 0 Å². The maximum atomic E-state index is 12.9. The molecule has 0 fully saturated rings. The molecule has 0 radical (unpaired) electrons. The molecule has 6 nitrogen and oxygen atoms in total. The third kappa shape index (κ3) is 65.2. The van der Waals surface area contributed by atoms with Crippen LogP contribution in [0.3, 0.4) is 0 Å². The van der Waals surface area contributed by atoms with E-state index in [0.717, 1.165) is 148 Å². The number of esters is 3. The molecule has 1 unspecified atom stereocenters. The van der Waals surface area contributed by atoms with Gasteiger partial charge in [-0.05, 0) is 161 Å². The number of allylic oxidation sites excluding steroid dienone is 30. The highest BCUT2D eigenvalue weighted by atomic mass is 16.6. The lowest BCUT2D eigenvalue weighted by Crippen LogP contribution is -2.30. The van der Waals surface area contributed by atoms with Gasteiger partial charge >= 0.3 is 17.9 Å². The molecule has 0 heterocycles. The fourth-order valence-electron chi connectivity index (χ4n) is 8.10. The van der Waals surface area contributed by atoms with Crippen LogP contribution in [-0.2, 0) is 28.6 Å². The smallest absolute Gasteiger partial charge is 0.306 e. The van der Waals surface area contributed by atoms with E-state index < -0.39 is 6.10 Å². The van der Waals surface area contributed by atoms with Gasteiger partial charge in [-0.1, -0.05) is 254 Å². The summed E-state index contributed by atoms with van der Waals surface area (Å²) in [5.74, 6) is -1.03. The summed E-state index contributed by atoms with van der Waals surface area (Å²) >= 11 is 0. The molecule has 0 saturated heterocycles. The molecular formula is C75H116O6. The van der Waals surface area contributed by atoms with Crippen LogP contribution in [0.4, 0.5) is 0 Å². The summed E-state index contributed by atoms with van der Waals surface area (Å²) in [6.45, 7) is 6.32. The second-order valence-electron chi connectivity index (χ2n) is 20.5. The molecule has 1 atom stereocenters. The average Bonchev–Trinajstić information content (AvgIpc) is 3.47. The van der Waals surface area contributed by atoms with E-state index in [1.807, 2.05) is 0 Å². The van der Waals surface area contributed by atoms with Crippen LogP contribution in [0, 0.1) is 0 Å². The molecule has 0 aromatic rings. The van der Waals surface area contributed by atoms with E-state index in [4.69, 9.17) is 14.2 Å². The van der Waals surface area contributed by atoms with Gasteiger partial charge in [0.15, 0.2) is 6.10 Å². The minimum absolute atomic E-state index is 0.123. The Morgan fingerprint density at radius 1 is 0.259 bits per heavy atom. The Bertz CT molecular complexity index is 1900. The van der Waals surface area contributed by atoms with Crippen LogP contribution < -0.4 is 0 Å². The number of carbonyl (C=O) groups is 3. The minimum atomic E-state index is -0.835. The normalized spacial score (nSPS) is 13.4. The highest BCUT2D eigenvalue weighted by Gasteiger charge is 2.19. The molecule has 452 valence electrons. The minimum Gasteiger partial charge on any atom is -0.462 e. The number of carbonyl (C=O) groups excluding carboxylic acids is 3. The van der Waals surface area contributed by atoms with E-state index in [9.17, 15) is 14.4 Å². The van der Waals surface area contributed by atoms with Gasteiger partial charge < -0.3 is 14.2 Å². The van der Waals surface area contributed by atoms with Crippen molar-refractivity contribution in [2.75, 3.05) is 13.2 Å². The first-order chi connectivity index (χ1) is 40.0. The maximum Gasteiger partial charge on any atom is 0.306 e. The van der Waals surface area contributed by atoms with Crippen LogP contribution in [0.1, 0.15) is 252 Å². The second kappa shape index (κ2) is 67.0. The van der Waals surface area contributed by atoms with E-state index in [-0.39, 0.29) is 44.0 Å². The molecular weight excluding hydrogens is 997 g/mol. The summed E-state index contributed by atoms with van der Waals surface area (Å²) in [4.78, 5) is 38.3. The quantitative estimate of drug-likeness (QED) is 0.0261. The van der Waals surface area contributed by atoms with Crippen molar-refractivity contribution in [2.24, 2.45) is 0 Å². The summed E-state index contributed by atoms with van der Waals surface area (Å²) < 4.78 is 16.8. The van der Waals surface area contributed by atoms with E-state index in [1.54, 1.807) is 0 Å². The molecule has 81 heavy (non-hydrogen) atoms. The Labute approximate surface area is 497 Å². The van der Waals surface area contributed by atoms with Crippen LogP contribution >= 0.6 is 0 Å². The van der Waals surface area contributed by atoms with Gasteiger partial charge in [0, 0.05) is 19.3 Å². The van der Waals surface area contributed by atoms with E-state index >= 15 is 0 Å². The predicted octanol–water partition coefficient (Wildman–Crippen LogP) is 22.4. The molecule has 0 amide bonds. The Kier molecular flexibility index (Phi) is 62.5. The monoisotopic (exact) mass is 1110 g/mol. The van der Waals surface area contributed by atoms with Gasteiger partial charge in [-0.3, -0.25) is 14.4 Å². The van der Waals surface area contributed by atoms with Gasteiger partial charge in [0.1, 0.15) is 13.2 Å². The standard InChI is InChI=1S/C75H116O6/c1-4-7-10-13-16-19-22-25-28-30-32-34-35-36-37-38-39-41-42-44-47-50-53-56-59-62-65-68-74(77)80-71-72(70-79-73(76)67-64-61-58-55-52-49-46-27-24-21-18-15-12-9-6-3)81-75(78)69-66-63-60-57-54-51-48-45-43-40-33-31-29-26-23-20-17-14-11-8-5-2/h7-8,10-11,16-17,19-20,25-29,32-34,36-37,39-41,44-48,53-54,56-57,72H,4-6,9,12-15,18,21-24,30-31,35,38,42-43,49-52,55,58-71H2,1-3H3/b10-7-,11-8-,19-16-,20-17-,28-25-,29-26-,34-32-,37-36-,40-33-,41-39-,46-27-,47-44-,48-45-,56-53-,57-54-. The Balaban J connectivity index is 4.57. The van der Waals surface area contributed by atoms with E-state index in [0.29, 0.717) is 19.3 Å². The van der Waals surface area contributed by atoms with Gasteiger partial charge in [-0.25, -0.2) is 0 Å². The summed E-state index contributed by atoms with van der Waals surface area (Å²) in [7, 11) is 0. The first kappa shape index (κ1) is 75.5. The number of ether oxygens (including phenoxy) is 3. The van der Waals surface area contributed by atoms with E-state index in [2.05, 4.69) is 203 Å². The molecule has 0 aromatic heterocycles. The third-order valence-electron chi connectivity index (χ3n) is 12.9. The summed E-state index contributed by atoms with van der Waals surface area (Å²) in [5.41, 5.74) is 0. The zero-order chi connectivity index (χ0) is 58.5. The highest BCUT2D eigenvalue weighted by Crippen LogP contribution is 2.13. The maximum absolute atomic E-state index is 12.9. The lowest BCUT2D eigenvalue weighted by molar-refractivity contribution is -0.167. The molecule has 0 rings (SSSR count). The SMILES string of the molecule is CC/C=C\C/C=C\C/C=C\C/C=C\C/C=C\C/C=C\C/C=C\C/C=C\CCCCC(=O)OCC(COC(=O)CCCCCCC/C=C\CCCCCCCC)OC(=O)CCCC/C=C\C/C=C\C/C=C\C/C=C\C/C=C\C/C=C\CC. The van der Waals surface area contributed by atoms with Crippen LogP contribution in [0.15, 0.2) is 182 Å². The fraction of sp³-hybridized carbons (Fsp3) is 0.560. The average molecular weight is 1110 g/mol. The number of hydrogen-bond acceptors (Lipinski definition) is 6. The third-order valence-corrected chi connectivity index (χ3v) is 12.9. The molecule has 6 heteroatoms. The topological polar surface area (TPSA) is 78.9 Å². The highest BCUT2D eigenvalue weighted by molar-refractivity contribution is 5.71. The van der Waals surface area contributed by atoms with Crippen molar-refractivity contribution in [2.45, 2.75) is 258 Å². The van der Waals surface area contributed by atoms with Crippen molar-refractivity contribution in [1.82, 2.24) is 0 Å². The molecule has 0 bridgehead atoms. The van der Waals surface area contributed by atoms with E-state index in [1.165, 1.54) is 51.4 Å². The zero-order valence-corrected chi connectivity index (χ0v) is 51.7. The number of rotatable bonds is 56. The van der Waals surface area contributed by atoms with Crippen LogP contribution in [-0.4, -0.2) is 37.2 Å². The molecule has 0 N–H and O–H groups in total. The Hall–Kier alpha value is -5.49. The lowest BCUT2D eigenvalue weighted by atomic mass is 10.1. The van der Waals surface area contributed by atoms with Gasteiger partial charge in [0.05, 0.1) is 0 Å². The van der Waals surface area contributed by atoms with Crippen LogP contribution in [0.5, 0.6) is 0 Å². The largest absolute Gasteiger partial charge is 0.462 e. The van der Waals surface area contributed by atoms with Crippen molar-refractivity contribution >= 4 is 17.9 Å². The molecule has 0 aliphatic rings. The molecule has 0 aliphatic heterocycles. The Morgan fingerprint density at radius 3 is 0.790 bits per heavy atom. The zero-order valence-electron chi connectivity index (χ0n) is 51.7. The van der Waals surface area contributed by atoms with Crippen molar-refractivity contribution < 1.29 is 28.6 Å². The predicted molar refractivity (Wildman–Crippen MR) is 352 cm³/mol. The fourth-order valence-corrected chi connectivity index (χ4v) is 8.10. The lowest BCUT2D eigenvalue weighted by Gasteiger charge is -2.18. The summed E-state index contributed by atoms with van der Waals surface area (Å²) in [6, 6.07) is 0. The summed E-state index contributed by atoms with van der Waals surface area (Å²) in [6.07, 6.45) is 100. The van der Waals surface area contributed by atoms with Gasteiger partial charge in [-0.15, -0.1) is 0 Å². The van der Waals surface area contributed by atoms with Crippen LogP contribution in [0.25, 0.3) is 0 Å². The first-order valence-electron chi connectivity index (χ1n) is 32.3.